The van der Waals surface area contributed by atoms with Gasteiger partial charge >= 0.3 is 0 Å². The molecule has 0 fully saturated rings. The largest absolute Gasteiger partial charge is 0.289 e. The van der Waals surface area contributed by atoms with Gasteiger partial charge in [0.05, 0.1) is 0 Å². The van der Waals surface area contributed by atoms with Crippen molar-refractivity contribution < 1.29 is 4.79 Å². The van der Waals surface area contributed by atoms with Crippen LogP contribution in [0.15, 0.2) is 60.7 Å². The predicted molar refractivity (Wildman–Crippen MR) is 80.3 cm³/mol. The summed E-state index contributed by atoms with van der Waals surface area (Å²) >= 11 is 0. The molecule has 2 aromatic carbocycles. The summed E-state index contributed by atoms with van der Waals surface area (Å²) in [5.41, 5.74) is 2.98. The lowest BCUT2D eigenvalue weighted by atomic mass is 9.99. The van der Waals surface area contributed by atoms with E-state index in [4.69, 9.17) is 0 Å². The van der Waals surface area contributed by atoms with Crippen LogP contribution in [0.1, 0.15) is 41.3 Å². The Morgan fingerprint density at radius 2 is 1.74 bits per heavy atom. The fourth-order valence-corrected chi connectivity index (χ4v) is 1.88. The molecular formula is C18H18O. The van der Waals surface area contributed by atoms with Crippen molar-refractivity contribution >= 4 is 11.9 Å². The lowest BCUT2D eigenvalue weighted by Gasteiger charge is -2.06. The lowest BCUT2D eigenvalue weighted by molar-refractivity contribution is 0.104. The van der Waals surface area contributed by atoms with E-state index in [1.807, 2.05) is 54.6 Å². The lowest BCUT2D eigenvalue weighted by Crippen LogP contribution is -1.96. The fraction of sp³-hybridized carbons (Fsp3) is 0.167. The van der Waals surface area contributed by atoms with Crippen LogP contribution in [-0.4, -0.2) is 5.78 Å². The van der Waals surface area contributed by atoms with Gasteiger partial charge in [0.15, 0.2) is 5.78 Å². The van der Waals surface area contributed by atoms with E-state index < -0.39 is 0 Å². The van der Waals surface area contributed by atoms with Gasteiger partial charge in [0.2, 0.25) is 0 Å². The zero-order valence-electron chi connectivity index (χ0n) is 11.3. The minimum Gasteiger partial charge on any atom is -0.289 e. The van der Waals surface area contributed by atoms with Gasteiger partial charge in [-0.2, -0.15) is 0 Å². The van der Waals surface area contributed by atoms with Gasteiger partial charge in [-0.3, -0.25) is 4.79 Å². The average molecular weight is 250 g/mol. The molecule has 2 aromatic rings. The molecule has 0 N–H and O–H groups in total. The van der Waals surface area contributed by atoms with Crippen LogP contribution in [0, 0.1) is 0 Å². The van der Waals surface area contributed by atoms with Crippen LogP contribution in [-0.2, 0) is 0 Å². The van der Waals surface area contributed by atoms with Crippen LogP contribution in [0.2, 0.25) is 0 Å². The van der Waals surface area contributed by atoms with Crippen LogP contribution in [0.3, 0.4) is 0 Å². The Kier molecular flexibility index (Phi) is 4.30. The van der Waals surface area contributed by atoms with E-state index in [9.17, 15) is 4.79 Å². The highest BCUT2D eigenvalue weighted by molar-refractivity contribution is 6.06. The highest BCUT2D eigenvalue weighted by Gasteiger charge is 2.04. The first-order valence-corrected chi connectivity index (χ1v) is 6.54. The van der Waals surface area contributed by atoms with Crippen LogP contribution in [0.25, 0.3) is 6.08 Å². The SMILES string of the molecule is CC(C)c1cccc(C(=O)C=Cc2ccccc2)c1. The van der Waals surface area contributed by atoms with Crippen LogP contribution in [0.4, 0.5) is 0 Å². The van der Waals surface area contributed by atoms with Crippen molar-refractivity contribution in [2.45, 2.75) is 19.8 Å². The van der Waals surface area contributed by atoms with Crippen molar-refractivity contribution in [2.24, 2.45) is 0 Å². The first-order chi connectivity index (χ1) is 9.16. The Balaban J connectivity index is 2.16. The predicted octanol–water partition coefficient (Wildman–Crippen LogP) is 4.71. The molecule has 1 heteroatoms. The highest BCUT2D eigenvalue weighted by atomic mass is 16.1. The number of hydrogen-bond acceptors (Lipinski definition) is 1. The van der Waals surface area contributed by atoms with Gasteiger partial charge in [-0.1, -0.05) is 68.5 Å². The second-order valence-electron chi connectivity index (χ2n) is 4.89. The van der Waals surface area contributed by atoms with Gasteiger partial charge < -0.3 is 0 Å². The minimum atomic E-state index is 0.0475. The number of rotatable bonds is 4. The molecule has 0 saturated heterocycles. The Morgan fingerprint density at radius 3 is 2.42 bits per heavy atom. The normalized spacial score (nSPS) is 11.1. The van der Waals surface area contributed by atoms with Gasteiger partial charge in [0.1, 0.15) is 0 Å². The maximum atomic E-state index is 12.1. The summed E-state index contributed by atoms with van der Waals surface area (Å²) in [6, 6.07) is 17.7. The number of hydrogen-bond donors (Lipinski definition) is 0. The standard InChI is InChI=1S/C18H18O/c1-14(2)16-9-6-10-17(13-16)18(19)12-11-15-7-4-3-5-8-15/h3-14H,1-2H3. The van der Waals surface area contributed by atoms with Gasteiger partial charge in [-0.05, 0) is 29.2 Å². The molecule has 0 radical (unpaired) electrons. The summed E-state index contributed by atoms with van der Waals surface area (Å²) in [7, 11) is 0. The quantitative estimate of drug-likeness (QED) is 0.567. The summed E-state index contributed by atoms with van der Waals surface area (Å²) in [4.78, 5) is 12.1. The monoisotopic (exact) mass is 250 g/mol. The molecule has 19 heavy (non-hydrogen) atoms. The minimum absolute atomic E-state index is 0.0475. The van der Waals surface area contributed by atoms with E-state index in [0.29, 0.717) is 5.92 Å². The van der Waals surface area contributed by atoms with E-state index >= 15 is 0 Å². The molecule has 0 spiro atoms. The van der Waals surface area contributed by atoms with Crippen molar-refractivity contribution in [3.63, 3.8) is 0 Å². The molecule has 0 amide bonds. The molecule has 0 saturated carbocycles. The molecule has 0 unspecified atom stereocenters. The third-order valence-corrected chi connectivity index (χ3v) is 3.06. The zero-order valence-corrected chi connectivity index (χ0v) is 11.3. The van der Waals surface area contributed by atoms with E-state index in [2.05, 4.69) is 19.9 Å². The second kappa shape index (κ2) is 6.14. The maximum Gasteiger partial charge on any atom is 0.185 e. The highest BCUT2D eigenvalue weighted by Crippen LogP contribution is 2.16. The molecular weight excluding hydrogens is 232 g/mol. The second-order valence-corrected chi connectivity index (χ2v) is 4.89. The molecule has 0 atom stereocenters. The maximum absolute atomic E-state index is 12.1. The topological polar surface area (TPSA) is 17.1 Å². The van der Waals surface area contributed by atoms with E-state index in [0.717, 1.165) is 11.1 Å². The summed E-state index contributed by atoms with van der Waals surface area (Å²) in [6.07, 6.45) is 3.49. The van der Waals surface area contributed by atoms with Gasteiger partial charge in [-0.25, -0.2) is 0 Å². The molecule has 0 bridgehead atoms. The zero-order chi connectivity index (χ0) is 13.7. The summed E-state index contributed by atoms with van der Waals surface area (Å²) in [6.45, 7) is 4.26. The van der Waals surface area contributed by atoms with E-state index in [1.165, 1.54) is 5.56 Å². The molecule has 0 aromatic heterocycles. The summed E-state index contributed by atoms with van der Waals surface area (Å²) in [5, 5.41) is 0. The van der Waals surface area contributed by atoms with Gasteiger partial charge in [-0.15, -0.1) is 0 Å². The van der Waals surface area contributed by atoms with Crippen LogP contribution in [0.5, 0.6) is 0 Å². The molecule has 0 aliphatic carbocycles. The third-order valence-electron chi connectivity index (χ3n) is 3.06. The molecule has 0 aliphatic rings. The van der Waals surface area contributed by atoms with Crippen molar-refractivity contribution in [1.29, 1.82) is 0 Å². The molecule has 0 aliphatic heterocycles. The molecule has 0 heterocycles. The molecule has 96 valence electrons. The Bertz CT molecular complexity index is 580. The Hall–Kier alpha value is -2.15. The van der Waals surface area contributed by atoms with Crippen LogP contribution < -0.4 is 0 Å². The van der Waals surface area contributed by atoms with Gasteiger partial charge in [0.25, 0.3) is 0 Å². The fourth-order valence-electron chi connectivity index (χ4n) is 1.88. The Morgan fingerprint density at radius 1 is 1.00 bits per heavy atom. The average Bonchev–Trinajstić information content (AvgIpc) is 2.46. The molecule has 1 nitrogen and oxygen atoms in total. The molecule has 2 rings (SSSR count). The smallest absolute Gasteiger partial charge is 0.185 e. The number of allylic oxidation sites excluding steroid dienone is 1. The first kappa shape index (κ1) is 13.3. The van der Waals surface area contributed by atoms with E-state index in [1.54, 1.807) is 6.08 Å². The van der Waals surface area contributed by atoms with Crippen molar-refractivity contribution in [2.75, 3.05) is 0 Å². The first-order valence-electron chi connectivity index (χ1n) is 6.54. The van der Waals surface area contributed by atoms with Crippen molar-refractivity contribution in [3.05, 3.63) is 77.4 Å². The van der Waals surface area contributed by atoms with Gasteiger partial charge in [0, 0.05) is 5.56 Å². The number of carbonyl (C=O) groups excluding carboxylic acids is 1. The Labute approximate surface area is 114 Å². The van der Waals surface area contributed by atoms with Crippen molar-refractivity contribution in [3.8, 4) is 0 Å². The number of carbonyl (C=O) groups is 1. The number of benzene rings is 2. The van der Waals surface area contributed by atoms with E-state index in [-0.39, 0.29) is 5.78 Å². The summed E-state index contributed by atoms with van der Waals surface area (Å²) < 4.78 is 0. The number of ketones is 1. The van der Waals surface area contributed by atoms with Crippen LogP contribution >= 0.6 is 0 Å². The third kappa shape index (κ3) is 3.65. The summed E-state index contributed by atoms with van der Waals surface area (Å²) in [5.74, 6) is 0.484. The van der Waals surface area contributed by atoms with Crippen molar-refractivity contribution in [1.82, 2.24) is 0 Å².